The van der Waals surface area contributed by atoms with E-state index in [1.165, 1.54) is 0 Å². The number of hydrogen-bond acceptors (Lipinski definition) is 7. The van der Waals surface area contributed by atoms with Crippen LogP contribution in [0.1, 0.15) is 27.1 Å². The SMILES string of the molecule is O=P(O)(O)CCCCC[C@@]1(O)O[C@H](CO)[C@@H](O)[C@H](O)[C@H]1O.[H-].[Na+]. The summed E-state index contributed by atoms with van der Waals surface area (Å²) in [5, 5.41) is 48.2. The molecule has 0 spiro atoms. The molecule has 1 aliphatic heterocycles. The van der Waals surface area contributed by atoms with Gasteiger partial charge in [-0.25, -0.2) is 0 Å². The minimum Gasteiger partial charge on any atom is -1.00 e. The zero-order valence-corrected chi connectivity index (χ0v) is 15.3. The van der Waals surface area contributed by atoms with E-state index in [1.54, 1.807) is 0 Å². The summed E-state index contributed by atoms with van der Waals surface area (Å²) in [6.07, 6.45) is -5.59. The second-order valence-electron chi connectivity index (χ2n) is 5.31. The Bertz CT molecular complexity index is 383. The van der Waals surface area contributed by atoms with Gasteiger partial charge >= 0.3 is 37.2 Å². The van der Waals surface area contributed by atoms with E-state index < -0.39 is 44.4 Å². The molecular weight excluding hydrogens is 330 g/mol. The topological polar surface area (TPSA) is 168 Å². The molecule has 1 fully saturated rings. The van der Waals surface area contributed by atoms with Gasteiger partial charge in [0.05, 0.1) is 6.61 Å². The minimum atomic E-state index is -4.05. The summed E-state index contributed by atoms with van der Waals surface area (Å²) in [5.74, 6) is -2.12. The Morgan fingerprint density at radius 3 is 2.18 bits per heavy atom. The van der Waals surface area contributed by atoms with Crippen LogP contribution in [-0.4, -0.2) is 78.3 Å². The maximum Gasteiger partial charge on any atom is 1.00 e. The molecule has 9 nitrogen and oxygen atoms in total. The summed E-state index contributed by atoms with van der Waals surface area (Å²) in [5.41, 5.74) is 0. The number of aliphatic hydroxyl groups is 5. The quantitative estimate of drug-likeness (QED) is 0.134. The van der Waals surface area contributed by atoms with Crippen molar-refractivity contribution in [3.63, 3.8) is 0 Å². The van der Waals surface area contributed by atoms with E-state index in [4.69, 9.17) is 19.6 Å². The summed E-state index contributed by atoms with van der Waals surface area (Å²) in [4.78, 5) is 17.4. The average Bonchev–Trinajstić information content (AvgIpc) is 2.39. The smallest absolute Gasteiger partial charge is 1.00 e. The monoisotopic (exact) mass is 354 g/mol. The van der Waals surface area contributed by atoms with E-state index in [2.05, 4.69) is 0 Å². The average molecular weight is 354 g/mol. The van der Waals surface area contributed by atoms with E-state index >= 15 is 0 Å². The molecule has 7 N–H and O–H groups in total. The Kier molecular flexibility index (Phi) is 9.80. The second-order valence-corrected chi connectivity index (χ2v) is 7.09. The molecular formula is C11H24NaO9P. The molecule has 0 aromatic heterocycles. The summed E-state index contributed by atoms with van der Waals surface area (Å²) in [6.45, 7) is -0.633. The maximum absolute atomic E-state index is 10.7. The van der Waals surface area contributed by atoms with Gasteiger partial charge in [-0.1, -0.05) is 6.42 Å². The number of aliphatic hydroxyl groups excluding tert-OH is 4. The van der Waals surface area contributed by atoms with E-state index in [1.807, 2.05) is 0 Å². The van der Waals surface area contributed by atoms with Crippen LogP contribution >= 0.6 is 7.60 Å². The molecule has 1 rings (SSSR count). The summed E-state index contributed by atoms with van der Waals surface area (Å²) in [7, 11) is -4.05. The molecule has 1 aliphatic rings. The molecule has 0 saturated carbocycles. The van der Waals surface area contributed by atoms with Crippen LogP contribution in [0.2, 0.25) is 0 Å². The van der Waals surface area contributed by atoms with Crippen LogP contribution in [0.5, 0.6) is 0 Å². The van der Waals surface area contributed by atoms with Gasteiger partial charge in [0, 0.05) is 12.6 Å². The molecule has 0 aromatic carbocycles. The number of rotatable bonds is 7. The van der Waals surface area contributed by atoms with Crippen LogP contribution in [0.15, 0.2) is 0 Å². The van der Waals surface area contributed by atoms with E-state index in [9.17, 15) is 25.0 Å². The first-order valence-electron chi connectivity index (χ1n) is 6.70. The third-order valence-corrected chi connectivity index (χ3v) is 4.44. The fraction of sp³-hybridized carbons (Fsp3) is 1.00. The first kappa shape index (κ1) is 22.9. The Morgan fingerprint density at radius 1 is 1.09 bits per heavy atom. The molecule has 128 valence electrons. The van der Waals surface area contributed by atoms with Gasteiger partial charge in [-0.2, -0.15) is 0 Å². The van der Waals surface area contributed by atoms with Crippen molar-refractivity contribution in [2.24, 2.45) is 0 Å². The molecule has 11 heteroatoms. The largest absolute Gasteiger partial charge is 1.00 e. The van der Waals surface area contributed by atoms with Crippen molar-refractivity contribution in [2.75, 3.05) is 12.8 Å². The van der Waals surface area contributed by atoms with E-state index in [0.29, 0.717) is 6.42 Å². The molecule has 0 radical (unpaired) electrons. The predicted octanol–water partition coefficient (Wildman–Crippen LogP) is -5.00. The zero-order chi connectivity index (χ0) is 16.3. The van der Waals surface area contributed by atoms with Crippen molar-refractivity contribution in [3.05, 3.63) is 0 Å². The van der Waals surface area contributed by atoms with Gasteiger partial charge in [0.15, 0.2) is 5.79 Å². The first-order valence-corrected chi connectivity index (χ1v) is 8.50. The molecule has 0 aromatic rings. The molecule has 0 bridgehead atoms. The van der Waals surface area contributed by atoms with Crippen molar-refractivity contribution in [2.45, 2.75) is 55.9 Å². The van der Waals surface area contributed by atoms with Crippen molar-refractivity contribution >= 4 is 7.60 Å². The van der Waals surface area contributed by atoms with Gasteiger partial charge in [-0.05, 0) is 12.8 Å². The molecule has 22 heavy (non-hydrogen) atoms. The Labute approximate surface area is 151 Å². The third-order valence-electron chi connectivity index (χ3n) is 3.54. The van der Waals surface area contributed by atoms with Gasteiger partial charge in [0.1, 0.15) is 24.4 Å². The fourth-order valence-corrected chi connectivity index (χ4v) is 2.94. The van der Waals surface area contributed by atoms with Crippen molar-refractivity contribution < 1.29 is 75.6 Å². The zero-order valence-electron chi connectivity index (χ0n) is 13.4. The van der Waals surface area contributed by atoms with Crippen LogP contribution in [0, 0.1) is 0 Å². The normalized spacial score (nSPS) is 36.0. The number of ether oxygens (including phenoxy) is 1. The molecule has 0 amide bonds. The summed E-state index contributed by atoms with van der Waals surface area (Å²) >= 11 is 0. The maximum atomic E-state index is 10.7. The van der Waals surface area contributed by atoms with Gasteiger partial charge in [0.25, 0.3) is 0 Å². The fourth-order valence-electron chi connectivity index (χ4n) is 2.30. The Morgan fingerprint density at radius 2 is 1.68 bits per heavy atom. The van der Waals surface area contributed by atoms with Gasteiger partial charge < -0.3 is 41.5 Å². The standard InChI is InChI=1S/C11H23O9P.Na.H/c12-6-7-8(13)9(14)10(15)11(16,20-7)4-2-1-3-5-21(17,18)19;;/h7-10,12-16H,1-6H2,(H2,17,18,19);;/q;+1;-1/t7-,8-,9+,10-,11-;;/m1../s1. The predicted molar refractivity (Wildman–Crippen MR) is 71.4 cm³/mol. The van der Waals surface area contributed by atoms with Gasteiger partial charge in [-0.15, -0.1) is 0 Å². The molecule has 1 heterocycles. The Balaban J connectivity index is 0. The first-order chi connectivity index (χ1) is 9.60. The van der Waals surface area contributed by atoms with Crippen LogP contribution < -0.4 is 29.6 Å². The molecule has 0 aliphatic carbocycles. The Hall–Kier alpha value is 0.910. The van der Waals surface area contributed by atoms with Crippen molar-refractivity contribution in [1.82, 2.24) is 0 Å². The molecule has 0 unspecified atom stereocenters. The van der Waals surface area contributed by atoms with E-state index in [-0.39, 0.29) is 56.4 Å². The summed E-state index contributed by atoms with van der Waals surface area (Å²) in [6, 6.07) is 0. The van der Waals surface area contributed by atoms with Crippen molar-refractivity contribution in [1.29, 1.82) is 0 Å². The summed E-state index contributed by atoms with van der Waals surface area (Å²) < 4.78 is 15.7. The molecule has 1 saturated heterocycles. The second kappa shape index (κ2) is 9.41. The molecule has 5 atom stereocenters. The third kappa shape index (κ3) is 6.43. The van der Waals surface area contributed by atoms with E-state index in [0.717, 1.165) is 0 Å². The van der Waals surface area contributed by atoms with Gasteiger partial charge in [-0.3, -0.25) is 4.57 Å². The van der Waals surface area contributed by atoms with Crippen molar-refractivity contribution in [3.8, 4) is 0 Å². The number of unbranched alkanes of at least 4 members (excludes halogenated alkanes) is 2. The van der Waals surface area contributed by atoms with Crippen LogP contribution in [0.3, 0.4) is 0 Å². The van der Waals surface area contributed by atoms with Crippen LogP contribution in [-0.2, 0) is 9.30 Å². The number of hydrogen-bond donors (Lipinski definition) is 7. The minimum absolute atomic E-state index is 0. The van der Waals surface area contributed by atoms with Crippen LogP contribution in [0.25, 0.3) is 0 Å². The van der Waals surface area contributed by atoms with Crippen LogP contribution in [0.4, 0.5) is 0 Å². The van der Waals surface area contributed by atoms with Gasteiger partial charge in [0.2, 0.25) is 0 Å².